The molecule has 0 saturated heterocycles. The molecule has 4 N–H and O–H groups in total. The maximum atomic E-state index is 10.7. The van der Waals surface area contributed by atoms with Crippen LogP contribution < -0.4 is 11.1 Å². The number of carboxylic acid groups (broad SMARTS) is 1. The Balaban J connectivity index is 2.17. The van der Waals surface area contributed by atoms with Gasteiger partial charge in [-0.2, -0.15) is 0 Å². The van der Waals surface area contributed by atoms with Gasteiger partial charge in [-0.05, 0) is 18.6 Å². The van der Waals surface area contributed by atoms with E-state index in [4.69, 9.17) is 10.8 Å². The SMILES string of the molecule is Cc1ccncc1Nc1nc(C(N)C(=O)O)cs1. The third-order valence-electron chi connectivity index (χ3n) is 2.39. The van der Waals surface area contributed by atoms with Crippen molar-refractivity contribution in [1.29, 1.82) is 0 Å². The van der Waals surface area contributed by atoms with Crippen LogP contribution in [0.2, 0.25) is 0 Å². The minimum atomic E-state index is -1.09. The normalized spacial score (nSPS) is 12.1. The molecule has 0 spiro atoms. The summed E-state index contributed by atoms with van der Waals surface area (Å²) in [7, 11) is 0. The summed E-state index contributed by atoms with van der Waals surface area (Å²) in [6, 6.07) is 0.784. The summed E-state index contributed by atoms with van der Waals surface area (Å²) in [6.07, 6.45) is 3.39. The first-order chi connectivity index (χ1) is 8.58. The van der Waals surface area contributed by atoms with Crippen molar-refractivity contribution in [3.8, 4) is 0 Å². The minimum Gasteiger partial charge on any atom is -0.480 e. The van der Waals surface area contributed by atoms with Crippen LogP contribution in [0.1, 0.15) is 17.3 Å². The van der Waals surface area contributed by atoms with Crippen LogP contribution in [0.25, 0.3) is 0 Å². The highest BCUT2D eigenvalue weighted by molar-refractivity contribution is 7.13. The Hall–Kier alpha value is -1.99. The van der Waals surface area contributed by atoms with Gasteiger partial charge in [-0.3, -0.25) is 9.78 Å². The molecule has 94 valence electrons. The van der Waals surface area contributed by atoms with E-state index < -0.39 is 12.0 Å². The molecule has 0 bridgehead atoms. The summed E-state index contributed by atoms with van der Waals surface area (Å²) >= 11 is 1.31. The van der Waals surface area contributed by atoms with E-state index in [1.807, 2.05) is 13.0 Å². The van der Waals surface area contributed by atoms with Gasteiger partial charge in [0.25, 0.3) is 0 Å². The lowest BCUT2D eigenvalue weighted by Gasteiger charge is -2.05. The molecular formula is C11H12N4O2S. The van der Waals surface area contributed by atoms with E-state index in [0.29, 0.717) is 10.8 Å². The second kappa shape index (κ2) is 5.11. The number of hydrogen-bond acceptors (Lipinski definition) is 6. The average Bonchev–Trinajstić information content (AvgIpc) is 2.79. The van der Waals surface area contributed by atoms with Gasteiger partial charge in [-0.1, -0.05) is 0 Å². The van der Waals surface area contributed by atoms with Crippen LogP contribution in [-0.4, -0.2) is 21.0 Å². The number of nitrogens with zero attached hydrogens (tertiary/aromatic N) is 2. The number of carbonyl (C=O) groups is 1. The molecule has 2 heterocycles. The van der Waals surface area contributed by atoms with Gasteiger partial charge >= 0.3 is 5.97 Å². The number of rotatable bonds is 4. The first-order valence-electron chi connectivity index (χ1n) is 5.19. The molecule has 0 aliphatic carbocycles. The highest BCUT2D eigenvalue weighted by Crippen LogP contribution is 2.24. The summed E-state index contributed by atoms with van der Waals surface area (Å²) in [5.41, 5.74) is 7.69. The molecule has 7 heteroatoms. The maximum Gasteiger partial charge on any atom is 0.326 e. The van der Waals surface area contributed by atoms with Crippen molar-refractivity contribution in [3.63, 3.8) is 0 Å². The largest absolute Gasteiger partial charge is 0.480 e. The number of pyridine rings is 1. The van der Waals surface area contributed by atoms with Crippen LogP contribution in [0, 0.1) is 6.92 Å². The van der Waals surface area contributed by atoms with Gasteiger partial charge in [0.2, 0.25) is 0 Å². The Bertz CT molecular complexity index is 570. The molecule has 1 unspecified atom stereocenters. The molecule has 2 rings (SSSR count). The van der Waals surface area contributed by atoms with Crippen molar-refractivity contribution in [1.82, 2.24) is 9.97 Å². The highest BCUT2D eigenvalue weighted by atomic mass is 32.1. The quantitative estimate of drug-likeness (QED) is 0.776. The van der Waals surface area contributed by atoms with Crippen LogP contribution in [0.4, 0.5) is 10.8 Å². The topological polar surface area (TPSA) is 101 Å². The lowest BCUT2D eigenvalue weighted by Crippen LogP contribution is -2.20. The van der Waals surface area contributed by atoms with Crippen LogP contribution in [0.15, 0.2) is 23.8 Å². The van der Waals surface area contributed by atoms with E-state index in [-0.39, 0.29) is 0 Å². The molecular weight excluding hydrogens is 252 g/mol. The maximum absolute atomic E-state index is 10.7. The van der Waals surface area contributed by atoms with Gasteiger partial charge in [-0.25, -0.2) is 4.98 Å². The fourth-order valence-corrected chi connectivity index (χ4v) is 2.08. The number of anilines is 2. The first-order valence-corrected chi connectivity index (χ1v) is 6.07. The van der Waals surface area contributed by atoms with Crippen molar-refractivity contribution in [3.05, 3.63) is 35.1 Å². The van der Waals surface area contributed by atoms with Crippen molar-refractivity contribution < 1.29 is 9.90 Å². The number of aryl methyl sites for hydroxylation is 1. The minimum absolute atomic E-state index is 0.344. The second-order valence-electron chi connectivity index (χ2n) is 3.71. The fraction of sp³-hybridized carbons (Fsp3) is 0.182. The number of nitrogens with two attached hydrogens (primary N) is 1. The standard InChI is InChI=1S/C11H12N4O2S/c1-6-2-3-13-4-7(6)14-11-15-8(5-18-11)9(12)10(16)17/h2-5,9H,12H2,1H3,(H,14,15)(H,16,17). The van der Waals surface area contributed by atoms with Crippen molar-refractivity contribution in [2.45, 2.75) is 13.0 Å². The molecule has 0 aliphatic heterocycles. The summed E-state index contributed by atoms with van der Waals surface area (Å²) in [6.45, 7) is 1.95. The van der Waals surface area contributed by atoms with Crippen molar-refractivity contribution in [2.24, 2.45) is 5.73 Å². The molecule has 6 nitrogen and oxygen atoms in total. The third kappa shape index (κ3) is 2.63. The second-order valence-corrected chi connectivity index (χ2v) is 4.57. The van der Waals surface area contributed by atoms with Gasteiger partial charge in [0.05, 0.1) is 17.6 Å². The Kier molecular flexibility index (Phi) is 3.54. The van der Waals surface area contributed by atoms with Gasteiger partial charge in [0, 0.05) is 11.6 Å². The predicted octanol–water partition coefficient (Wildman–Crippen LogP) is 1.67. The number of hydrogen-bond donors (Lipinski definition) is 3. The van der Waals surface area contributed by atoms with Gasteiger partial charge in [0.1, 0.15) is 6.04 Å². The Morgan fingerprint density at radius 1 is 1.61 bits per heavy atom. The molecule has 2 aromatic rings. The zero-order valence-corrected chi connectivity index (χ0v) is 10.4. The number of carboxylic acids is 1. The molecule has 18 heavy (non-hydrogen) atoms. The van der Waals surface area contributed by atoms with Crippen molar-refractivity contribution >= 4 is 28.1 Å². The molecule has 2 aromatic heterocycles. The summed E-state index contributed by atoms with van der Waals surface area (Å²) in [5.74, 6) is -1.09. The number of aliphatic carboxylic acids is 1. The summed E-state index contributed by atoms with van der Waals surface area (Å²) in [4.78, 5) is 18.9. The Labute approximate surface area is 108 Å². The first kappa shape index (κ1) is 12.5. The smallest absolute Gasteiger partial charge is 0.326 e. The number of aromatic nitrogens is 2. The molecule has 0 radical (unpaired) electrons. The molecule has 0 amide bonds. The number of thiazole rings is 1. The van der Waals surface area contributed by atoms with Crippen molar-refractivity contribution in [2.75, 3.05) is 5.32 Å². The highest BCUT2D eigenvalue weighted by Gasteiger charge is 2.17. The molecule has 1 atom stereocenters. The molecule has 0 saturated carbocycles. The third-order valence-corrected chi connectivity index (χ3v) is 3.16. The van der Waals surface area contributed by atoms with E-state index in [9.17, 15) is 4.79 Å². The van der Waals surface area contributed by atoms with Crippen LogP contribution >= 0.6 is 11.3 Å². The van der Waals surface area contributed by atoms with E-state index in [0.717, 1.165) is 11.3 Å². The molecule has 0 aromatic carbocycles. The fourth-order valence-electron chi connectivity index (χ4n) is 1.32. The van der Waals surface area contributed by atoms with Gasteiger partial charge in [0.15, 0.2) is 5.13 Å². The van der Waals surface area contributed by atoms with Crippen LogP contribution in [-0.2, 0) is 4.79 Å². The average molecular weight is 264 g/mol. The zero-order valence-electron chi connectivity index (χ0n) is 9.62. The van der Waals surface area contributed by atoms with Gasteiger partial charge < -0.3 is 16.2 Å². The Morgan fingerprint density at radius 3 is 3.06 bits per heavy atom. The predicted molar refractivity (Wildman–Crippen MR) is 68.9 cm³/mol. The summed E-state index contributed by atoms with van der Waals surface area (Å²) in [5, 5.41) is 14.1. The number of nitrogens with one attached hydrogen (secondary N) is 1. The Morgan fingerprint density at radius 2 is 2.39 bits per heavy atom. The lowest BCUT2D eigenvalue weighted by atomic mass is 10.2. The van der Waals surface area contributed by atoms with Gasteiger partial charge in [-0.15, -0.1) is 11.3 Å². The molecule has 0 fully saturated rings. The van der Waals surface area contributed by atoms with E-state index in [2.05, 4.69) is 15.3 Å². The lowest BCUT2D eigenvalue weighted by molar-refractivity contribution is -0.138. The van der Waals surface area contributed by atoms with E-state index in [1.165, 1.54) is 11.3 Å². The van der Waals surface area contributed by atoms with E-state index in [1.54, 1.807) is 17.8 Å². The van der Waals surface area contributed by atoms with E-state index >= 15 is 0 Å². The zero-order chi connectivity index (χ0) is 13.1. The van der Waals surface area contributed by atoms with Crippen LogP contribution in [0.5, 0.6) is 0 Å². The molecule has 0 aliphatic rings. The monoisotopic (exact) mass is 264 g/mol. The summed E-state index contributed by atoms with van der Waals surface area (Å²) < 4.78 is 0. The van der Waals surface area contributed by atoms with Crippen LogP contribution in [0.3, 0.4) is 0 Å².